The van der Waals surface area contributed by atoms with Gasteiger partial charge in [-0.25, -0.2) is 9.37 Å². The summed E-state index contributed by atoms with van der Waals surface area (Å²) < 4.78 is 56.3. The molecule has 0 saturated carbocycles. The number of H-pyrrole nitrogens is 1. The number of carbonyl (C=O) groups is 1. The van der Waals surface area contributed by atoms with Crippen LogP contribution in [0.5, 0.6) is 5.75 Å². The Balaban J connectivity index is 1.20. The molecule has 2 aromatic heterocycles. The summed E-state index contributed by atoms with van der Waals surface area (Å²) in [5, 5.41) is 4.38. The number of aromatic amines is 1. The van der Waals surface area contributed by atoms with Crippen LogP contribution in [0.2, 0.25) is 0 Å². The first-order chi connectivity index (χ1) is 17.3. The lowest BCUT2D eigenvalue weighted by Gasteiger charge is -2.33. The molecule has 2 saturated heterocycles. The molecule has 2 aliphatic heterocycles. The van der Waals surface area contributed by atoms with Crippen LogP contribution in [0, 0.1) is 11.7 Å². The summed E-state index contributed by atoms with van der Waals surface area (Å²) in [4.78, 5) is 22.5. The number of hydrogen-bond donors (Lipinski definition) is 2. The number of benzene rings is 1. The number of piperidine rings is 2. The van der Waals surface area contributed by atoms with Crippen LogP contribution in [-0.2, 0) is 6.42 Å². The Morgan fingerprint density at radius 3 is 2.58 bits per heavy atom. The molecule has 3 aromatic rings. The van der Waals surface area contributed by atoms with Gasteiger partial charge in [0.1, 0.15) is 17.2 Å². The van der Waals surface area contributed by atoms with Crippen molar-refractivity contribution in [1.29, 1.82) is 0 Å². The van der Waals surface area contributed by atoms with E-state index in [1.165, 1.54) is 29.6 Å². The number of ether oxygens (including phenoxy) is 1. The van der Waals surface area contributed by atoms with Gasteiger partial charge in [0.2, 0.25) is 0 Å². The summed E-state index contributed by atoms with van der Waals surface area (Å²) in [6.07, 6.45) is -0.305. The maximum Gasteiger partial charge on any atom is 0.573 e. The highest BCUT2D eigenvalue weighted by Crippen LogP contribution is 2.46. The van der Waals surface area contributed by atoms with Crippen molar-refractivity contribution in [3.63, 3.8) is 0 Å². The number of nitrogens with one attached hydrogen (secondary N) is 2. The molecule has 36 heavy (non-hydrogen) atoms. The van der Waals surface area contributed by atoms with E-state index in [0.29, 0.717) is 48.9 Å². The molecular weight excluding hydrogens is 476 g/mol. The molecule has 6 rings (SSSR count). The number of amides is 1. The monoisotopic (exact) mass is 502 g/mol. The summed E-state index contributed by atoms with van der Waals surface area (Å²) in [6.45, 7) is 2.83. The standard InChI is InChI=1S/C26H26F4N4O2/c27-20-13-32-24-22(19-11-16-12-31-8-5-18(16)23(19)33-24)21(20)14-6-9-34(10-7-14)25(35)15-1-3-17(4-2-15)36-26(28,29)30/h1-4,13-14,16,18,31H,5-12H2,(H,32,33)/t16-,18+/m1/s1. The third-order valence-corrected chi connectivity index (χ3v) is 7.92. The van der Waals surface area contributed by atoms with Crippen molar-refractivity contribution in [1.82, 2.24) is 20.2 Å². The minimum atomic E-state index is -4.78. The Labute approximate surface area is 205 Å². The van der Waals surface area contributed by atoms with Crippen LogP contribution in [0.15, 0.2) is 30.5 Å². The minimum absolute atomic E-state index is 0.0391. The largest absolute Gasteiger partial charge is 0.573 e. The smallest absolute Gasteiger partial charge is 0.406 e. The molecule has 190 valence electrons. The molecule has 0 bridgehead atoms. The van der Waals surface area contributed by atoms with Crippen LogP contribution in [0.3, 0.4) is 0 Å². The topological polar surface area (TPSA) is 70.2 Å². The van der Waals surface area contributed by atoms with Gasteiger partial charge >= 0.3 is 6.36 Å². The maximum absolute atomic E-state index is 15.2. The molecule has 0 radical (unpaired) electrons. The van der Waals surface area contributed by atoms with E-state index in [4.69, 9.17) is 0 Å². The summed E-state index contributed by atoms with van der Waals surface area (Å²) in [5.74, 6) is 0.00723. The van der Waals surface area contributed by atoms with Gasteiger partial charge < -0.3 is 19.9 Å². The number of carbonyl (C=O) groups excluding carboxylic acids is 1. The van der Waals surface area contributed by atoms with E-state index in [9.17, 15) is 18.0 Å². The fourth-order valence-corrected chi connectivity index (χ4v) is 6.30. The van der Waals surface area contributed by atoms with Crippen molar-refractivity contribution in [2.24, 2.45) is 5.92 Å². The van der Waals surface area contributed by atoms with Crippen molar-refractivity contribution in [3.05, 3.63) is 58.7 Å². The van der Waals surface area contributed by atoms with Crippen molar-refractivity contribution in [2.45, 2.75) is 43.9 Å². The van der Waals surface area contributed by atoms with Gasteiger partial charge in [0, 0.05) is 41.2 Å². The SMILES string of the molecule is O=C(c1ccc(OC(F)(F)F)cc1)N1CCC(c2c(F)cnc3[nH]c4c(c23)C[C@@H]2CNCC[C@H]42)CC1. The lowest BCUT2D eigenvalue weighted by atomic mass is 9.86. The molecule has 1 aromatic carbocycles. The fourth-order valence-electron chi connectivity index (χ4n) is 6.30. The van der Waals surface area contributed by atoms with E-state index in [0.717, 1.165) is 49.1 Å². The quantitative estimate of drug-likeness (QED) is 0.502. The summed E-state index contributed by atoms with van der Waals surface area (Å²) in [7, 11) is 0. The number of pyridine rings is 1. The Morgan fingerprint density at radius 2 is 1.86 bits per heavy atom. The van der Waals surface area contributed by atoms with Crippen molar-refractivity contribution in [3.8, 4) is 5.75 Å². The summed E-state index contributed by atoms with van der Waals surface area (Å²) >= 11 is 0. The predicted molar refractivity (Wildman–Crippen MR) is 124 cm³/mol. The number of halogens is 4. The number of hydrogen-bond acceptors (Lipinski definition) is 4. The van der Waals surface area contributed by atoms with Crippen LogP contribution in [0.1, 0.15) is 58.3 Å². The molecule has 6 nitrogen and oxygen atoms in total. The van der Waals surface area contributed by atoms with Crippen molar-refractivity contribution in [2.75, 3.05) is 26.2 Å². The molecule has 1 aliphatic carbocycles. The number of likely N-dealkylation sites (tertiary alicyclic amines) is 1. The van der Waals surface area contributed by atoms with Crippen molar-refractivity contribution < 1.29 is 27.1 Å². The maximum atomic E-state index is 15.2. The number of fused-ring (bicyclic) bond motifs is 5. The van der Waals surface area contributed by atoms with Crippen LogP contribution >= 0.6 is 0 Å². The van der Waals surface area contributed by atoms with Crippen LogP contribution in [0.25, 0.3) is 11.0 Å². The Bertz CT molecular complexity index is 1300. The zero-order valence-corrected chi connectivity index (χ0v) is 19.5. The Morgan fingerprint density at radius 1 is 1.11 bits per heavy atom. The Kier molecular flexibility index (Phi) is 5.66. The number of alkyl halides is 3. The number of rotatable bonds is 3. The fraction of sp³-hybridized carbons (Fsp3) is 0.462. The van der Waals surface area contributed by atoms with Gasteiger partial charge in [0.25, 0.3) is 5.91 Å². The van der Waals surface area contributed by atoms with E-state index in [1.54, 1.807) is 4.90 Å². The molecule has 0 spiro atoms. The first-order valence-electron chi connectivity index (χ1n) is 12.3. The molecule has 2 N–H and O–H groups in total. The highest BCUT2D eigenvalue weighted by Gasteiger charge is 2.39. The second kappa shape index (κ2) is 8.76. The first kappa shape index (κ1) is 23.3. The van der Waals surface area contributed by atoms with E-state index in [1.807, 2.05) is 0 Å². The summed E-state index contributed by atoms with van der Waals surface area (Å²) in [5.41, 5.74) is 4.14. The van der Waals surface area contributed by atoms with E-state index >= 15 is 4.39 Å². The zero-order valence-electron chi connectivity index (χ0n) is 19.5. The normalized spacial score (nSPS) is 22.5. The average molecular weight is 503 g/mol. The highest BCUT2D eigenvalue weighted by molar-refractivity contribution is 5.94. The predicted octanol–water partition coefficient (Wildman–Crippen LogP) is 4.87. The number of aromatic nitrogens is 2. The second-order valence-electron chi connectivity index (χ2n) is 9.96. The molecule has 2 atom stereocenters. The van der Waals surface area contributed by atoms with Gasteiger partial charge in [-0.05, 0) is 80.4 Å². The molecule has 0 unspecified atom stereocenters. The van der Waals surface area contributed by atoms with E-state index in [2.05, 4.69) is 20.0 Å². The molecule has 4 heterocycles. The van der Waals surface area contributed by atoms with Gasteiger partial charge in [-0.3, -0.25) is 4.79 Å². The molecule has 10 heteroatoms. The third kappa shape index (κ3) is 4.11. The summed E-state index contributed by atoms with van der Waals surface area (Å²) in [6, 6.07) is 4.93. The lowest BCUT2D eigenvalue weighted by molar-refractivity contribution is -0.274. The van der Waals surface area contributed by atoms with Crippen LogP contribution in [0.4, 0.5) is 17.6 Å². The lowest BCUT2D eigenvalue weighted by Crippen LogP contribution is -2.38. The molecule has 1 amide bonds. The first-order valence-corrected chi connectivity index (χ1v) is 12.3. The van der Waals surface area contributed by atoms with Crippen LogP contribution < -0.4 is 10.1 Å². The number of nitrogens with zero attached hydrogens (tertiary/aromatic N) is 2. The Hall–Kier alpha value is -3.14. The molecule has 3 aliphatic rings. The van der Waals surface area contributed by atoms with Gasteiger partial charge in [-0.15, -0.1) is 13.2 Å². The van der Waals surface area contributed by atoms with E-state index < -0.39 is 6.36 Å². The van der Waals surface area contributed by atoms with Gasteiger partial charge in [0.15, 0.2) is 0 Å². The minimum Gasteiger partial charge on any atom is -0.406 e. The molecule has 2 fully saturated rings. The van der Waals surface area contributed by atoms with Gasteiger partial charge in [-0.2, -0.15) is 0 Å². The van der Waals surface area contributed by atoms with E-state index in [-0.39, 0.29) is 23.4 Å². The zero-order chi connectivity index (χ0) is 25.0. The van der Waals surface area contributed by atoms with Crippen molar-refractivity contribution >= 4 is 16.9 Å². The van der Waals surface area contributed by atoms with Gasteiger partial charge in [0.05, 0.1) is 6.20 Å². The third-order valence-electron chi connectivity index (χ3n) is 7.92. The van der Waals surface area contributed by atoms with Crippen LogP contribution in [-0.4, -0.2) is 53.3 Å². The molecular formula is C26H26F4N4O2. The highest BCUT2D eigenvalue weighted by atomic mass is 19.4. The second-order valence-corrected chi connectivity index (χ2v) is 9.96. The average Bonchev–Trinajstić information content (AvgIpc) is 3.40. The van der Waals surface area contributed by atoms with Gasteiger partial charge in [-0.1, -0.05) is 0 Å².